The van der Waals surface area contributed by atoms with E-state index in [0.717, 1.165) is 0 Å². The third kappa shape index (κ3) is 3.35. The average Bonchev–Trinajstić information content (AvgIpc) is 2.48. The second-order valence-corrected chi connectivity index (χ2v) is 4.60. The summed E-state index contributed by atoms with van der Waals surface area (Å²) in [5, 5.41) is 8.75. The van der Waals surface area contributed by atoms with Crippen molar-refractivity contribution < 1.29 is 14.6 Å². The van der Waals surface area contributed by atoms with E-state index in [2.05, 4.69) is 16.8 Å². The number of ether oxygens (including phenoxy) is 1. The molecule has 1 atom stereocenters. The van der Waals surface area contributed by atoms with Crippen LogP contribution in [0.3, 0.4) is 0 Å². The number of carbonyl (C=O) groups is 1. The van der Waals surface area contributed by atoms with Crippen molar-refractivity contribution in [3.05, 3.63) is 29.6 Å². The molecule has 0 aromatic carbocycles. The summed E-state index contributed by atoms with van der Waals surface area (Å²) in [6.07, 6.45) is 1.98. The lowest BCUT2D eigenvalue weighted by molar-refractivity contribution is 0.00325. The number of pyridine rings is 1. The lowest BCUT2D eigenvalue weighted by atomic mass is 10.1. The zero-order valence-corrected chi connectivity index (χ0v) is 11.5. The highest BCUT2D eigenvalue weighted by Crippen LogP contribution is 2.13. The van der Waals surface area contributed by atoms with Crippen LogP contribution in [0.25, 0.3) is 0 Å². The molecule has 1 unspecified atom stereocenters. The number of aromatic nitrogens is 1. The number of morpholine rings is 1. The zero-order chi connectivity index (χ0) is 14.4. The van der Waals surface area contributed by atoms with Crippen LogP contribution in [0.1, 0.15) is 29.4 Å². The van der Waals surface area contributed by atoms with Gasteiger partial charge < -0.3 is 14.7 Å². The Morgan fingerprint density at radius 1 is 1.65 bits per heavy atom. The molecule has 20 heavy (non-hydrogen) atoms. The van der Waals surface area contributed by atoms with E-state index in [0.29, 0.717) is 37.4 Å². The standard InChI is InChI=1S/C15H18N2O3/c1-12-11-20-10-8-17(12)15(19)14-13(5-2-3-9-18)6-4-7-16-14/h4,6-7,12,18H,3,8-11H2,1H3. The van der Waals surface area contributed by atoms with E-state index in [1.165, 1.54) is 0 Å². The van der Waals surface area contributed by atoms with Gasteiger partial charge in [-0.3, -0.25) is 4.79 Å². The predicted octanol–water partition coefficient (Wildman–Crippen LogP) is 0.676. The van der Waals surface area contributed by atoms with Crippen LogP contribution in [0.4, 0.5) is 0 Å². The minimum atomic E-state index is -0.116. The first-order chi connectivity index (χ1) is 9.74. The zero-order valence-electron chi connectivity index (χ0n) is 11.5. The normalized spacial score (nSPS) is 18.3. The smallest absolute Gasteiger partial charge is 0.274 e. The first kappa shape index (κ1) is 14.5. The maximum absolute atomic E-state index is 12.6. The fourth-order valence-electron chi connectivity index (χ4n) is 2.06. The Labute approximate surface area is 118 Å². The number of hydrogen-bond acceptors (Lipinski definition) is 4. The van der Waals surface area contributed by atoms with Gasteiger partial charge in [-0.25, -0.2) is 4.98 Å². The Hall–Kier alpha value is -1.90. The summed E-state index contributed by atoms with van der Waals surface area (Å²) in [6, 6.07) is 3.56. The fourth-order valence-corrected chi connectivity index (χ4v) is 2.06. The van der Waals surface area contributed by atoms with Gasteiger partial charge in [0.25, 0.3) is 5.91 Å². The number of hydrogen-bond donors (Lipinski definition) is 1. The van der Waals surface area contributed by atoms with Crippen molar-refractivity contribution in [2.45, 2.75) is 19.4 Å². The molecule has 0 spiro atoms. The van der Waals surface area contributed by atoms with Crippen molar-refractivity contribution in [3.8, 4) is 11.8 Å². The van der Waals surface area contributed by atoms with E-state index in [4.69, 9.17) is 9.84 Å². The van der Waals surface area contributed by atoms with Crippen LogP contribution in [-0.4, -0.2) is 53.3 Å². The lowest BCUT2D eigenvalue weighted by Gasteiger charge is -2.33. The van der Waals surface area contributed by atoms with E-state index >= 15 is 0 Å². The maximum atomic E-state index is 12.6. The molecule has 0 bridgehead atoms. The summed E-state index contributed by atoms with van der Waals surface area (Å²) in [7, 11) is 0. The Bertz CT molecular complexity index is 533. The second-order valence-electron chi connectivity index (χ2n) is 4.60. The SMILES string of the molecule is CC1COCCN1C(=O)c1ncccc1C#CCCO. The van der Waals surface area contributed by atoms with Crippen LogP contribution in [0.2, 0.25) is 0 Å². The third-order valence-corrected chi connectivity index (χ3v) is 3.10. The molecule has 1 aromatic rings. The van der Waals surface area contributed by atoms with Gasteiger partial charge in [0, 0.05) is 19.2 Å². The molecule has 1 saturated heterocycles. The number of rotatable bonds is 2. The quantitative estimate of drug-likeness (QED) is 0.805. The molecule has 1 fully saturated rings. The van der Waals surface area contributed by atoms with E-state index in [1.54, 1.807) is 23.2 Å². The van der Waals surface area contributed by atoms with Gasteiger partial charge in [0.1, 0.15) is 5.69 Å². The number of aliphatic hydroxyl groups excluding tert-OH is 1. The molecular formula is C15H18N2O3. The minimum Gasteiger partial charge on any atom is -0.395 e. The van der Waals surface area contributed by atoms with E-state index < -0.39 is 0 Å². The molecule has 1 aromatic heterocycles. The molecule has 2 heterocycles. The molecule has 106 valence electrons. The monoisotopic (exact) mass is 274 g/mol. The average molecular weight is 274 g/mol. The van der Waals surface area contributed by atoms with Gasteiger partial charge in [0.15, 0.2) is 0 Å². The fraction of sp³-hybridized carbons (Fsp3) is 0.467. The minimum absolute atomic E-state index is 0.0110. The van der Waals surface area contributed by atoms with Crippen molar-refractivity contribution in [1.29, 1.82) is 0 Å². The highest BCUT2D eigenvalue weighted by atomic mass is 16.5. The largest absolute Gasteiger partial charge is 0.395 e. The van der Waals surface area contributed by atoms with Crippen LogP contribution in [0.15, 0.2) is 18.3 Å². The van der Waals surface area contributed by atoms with Gasteiger partial charge in [-0.1, -0.05) is 11.8 Å². The molecular weight excluding hydrogens is 256 g/mol. The topological polar surface area (TPSA) is 62.7 Å². The van der Waals surface area contributed by atoms with Crippen LogP contribution in [0, 0.1) is 11.8 Å². The number of nitrogens with zero attached hydrogens (tertiary/aromatic N) is 2. The molecule has 1 amide bonds. The van der Waals surface area contributed by atoms with Crippen molar-refractivity contribution in [3.63, 3.8) is 0 Å². The number of carbonyl (C=O) groups excluding carboxylic acids is 1. The van der Waals surface area contributed by atoms with Crippen molar-refractivity contribution >= 4 is 5.91 Å². The van der Waals surface area contributed by atoms with Gasteiger partial charge in [-0.05, 0) is 19.1 Å². The van der Waals surface area contributed by atoms with Gasteiger partial charge in [-0.2, -0.15) is 0 Å². The molecule has 5 heteroatoms. The lowest BCUT2D eigenvalue weighted by Crippen LogP contribution is -2.47. The van der Waals surface area contributed by atoms with Crippen LogP contribution in [0.5, 0.6) is 0 Å². The van der Waals surface area contributed by atoms with Crippen LogP contribution in [-0.2, 0) is 4.74 Å². The van der Waals surface area contributed by atoms with Crippen LogP contribution < -0.4 is 0 Å². The van der Waals surface area contributed by atoms with Gasteiger partial charge in [0.05, 0.1) is 31.4 Å². The van der Waals surface area contributed by atoms with Gasteiger partial charge in [-0.15, -0.1) is 0 Å². The molecule has 1 N–H and O–H groups in total. The molecule has 2 rings (SSSR count). The molecule has 0 saturated carbocycles. The third-order valence-electron chi connectivity index (χ3n) is 3.10. The first-order valence-corrected chi connectivity index (χ1v) is 6.67. The Kier molecular flexibility index (Phi) is 5.10. The van der Waals surface area contributed by atoms with Crippen molar-refractivity contribution in [2.75, 3.05) is 26.4 Å². The summed E-state index contributed by atoms with van der Waals surface area (Å²) in [5.74, 6) is 5.61. The van der Waals surface area contributed by atoms with E-state index in [-0.39, 0.29) is 18.6 Å². The summed E-state index contributed by atoms with van der Waals surface area (Å²) >= 11 is 0. The number of amides is 1. The maximum Gasteiger partial charge on any atom is 0.274 e. The number of aliphatic hydroxyl groups is 1. The van der Waals surface area contributed by atoms with E-state index in [9.17, 15) is 4.79 Å². The summed E-state index contributed by atoms with van der Waals surface area (Å²) in [6.45, 7) is 3.63. The Morgan fingerprint density at radius 3 is 3.25 bits per heavy atom. The predicted molar refractivity (Wildman–Crippen MR) is 74.1 cm³/mol. The highest BCUT2D eigenvalue weighted by molar-refractivity contribution is 5.95. The highest BCUT2D eigenvalue weighted by Gasteiger charge is 2.26. The van der Waals surface area contributed by atoms with Crippen LogP contribution >= 0.6 is 0 Å². The van der Waals surface area contributed by atoms with E-state index in [1.807, 2.05) is 6.92 Å². The summed E-state index contributed by atoms with van der Waals surface area (Å²) in [5.41, 5.74) is 0.969. The second kappa shape index (κ2) is 7.04. The van der Waals surface area contributed by atoms with Crippen molar-refractivity contribution in [1.82, 2.24) is 9.88 Å². The van der Waals surface area contributed by atoms with Crippen molar-refractivity contribution in [2.24, 2.45) is 0 Å². The first-order valence-electron chi connectivity index (χ1n) is 6.67. The molecule has 0 aliphatic carbocycles. The molecule has 5 nitrogen and oxygen atoms in total. The summed E-state index contributed by atoms with van der Waals surface area (Å²) in [4.78, 5) is 18.5. The molecule has 1 aliphatic heterocycles. The molecule has 1 aliphatic rings. The summed E-state index contributed by atoms with van der Waals surface area (Å²) < 4.78 is 5.34. The Morgan fingerprint density at radius 2 is 2.50 bits per heavy atom. The van der Waals surface area contributed by atoms with Gasteiger partial charge in [0.2, 0.25) is 0 Å². The Balaban J connectivity index is 2.23. The van der Waals surface area contributed by atoms with Gasteiger partial charge >= 0.3 is 0 Å². The molecule has 0 radical (unpaired) electrons.